The summed E-state index contributed by atoms with van der Waals surface area (Å²) in [5, 5.41) is 0. The van der Waals surface area contributed by atoms with Gasteiger partial charge in [0.2, 0.25) is 0 Å². The van der Waals surface area contributed by atoms with Crippen LogP contribution in [-0.4, -0.2) is 0 Å². The molecule has 1 fully saturated rings. The summed E-state index contributed by atoms with van der Waals surface area (Å²) in [6.45, 7) is 13.7. The summed E-state index contributed by atoms with van der Waals surface area (Å²) >= 11 is -3.36. The van der Waals surface area contributed by atoms with E-state index in [9.17, 15) is 26.3 Å². The number of allylic oxidation sites excluding steroid dienone is 2. The van der Waals surface area contributed by atoms with Crippen molar-refractivity contribution >= 4 is 12.2 Å². The minimum atomic E-state index is -4.39. The monoisotopic (exact) mass is 832 g/mol. The second kappa shape index (κ2) is 13.9. The Bertz CT molecular complexity index is 1880. The Labute approximate surface area is 320 Å². The summed E-state index contributed by atoms with van der Waals surface area (Å²) in [5.74, 6) is 0. The molecule has 0 saturated carbocycles. The second-order valence-corrected chi connectivity index (χ2v) is 27.8. The normalized spacial score (nSPS) is 18.8. The van der Waals surface area contributed by atoms with Gasteiger partial charge in [0, 0.05) is 0 Å². The molecule has 9 heteroatoms. The zero-order valence-electron chi connectivity index (χ0n) is 30.0. The van der Waals surface area contributed by atoms with Crippen molar-refractivity contribution in [1.29, 1.82) is 0 Å². The Morgan fingerprint density at radius 3 is 1.12 bits per heavy atom. The van der Waals surface area contributed by atoms with Gasteiger partial charge >= 0.3 is 297 Å². The summed E-state index contributed by atoms with van der Waals surface area (Å²) in [6, 6.07) is 23.8. The Kier molecular flexibility index (Phi) is 10.9. The largest absolute Gasteiger partial charge is 1.00 e. The van der Waals surface area contributed by atoms with Crippen molar-refractivity contribution in [2.24, 2.45) is 10.8 Å². The van der Waals surface area contributed by atoms with Gasteiger partial charge in [0.05, 0.1) is 0 Å². The molecule has 0 amide bonds. The van der Waals surface area contributed by atoms with Crippen LogP contribution in [0.5, 0.6) is 0 Å². The molecular formula is C43H42Cl2F6Zr. The van der Waals surface area contributed by atoms with Crippen molar-refractivity contribution in [3.8, 4) is 22.3 Å². The average Bonchev–Trinajstić information content (AvgIpc) is 3.61. The Morgan fingerprint density at radius 1 is 0.500 bits per heavy atom. The molecule has 52 heavy (non-hydrogen) atoms. The van der Waals surface area contributed by atoms with E-state index in [2.05, 4.69) is 78.0 Å². The molecule has 0 bridgehead atoms. The van der Waals surface area contributed by atoms with Gasteiger partial charge < -0.3 is 24.8 Å². The molecule has 3 aliphatic rings. The van der Waals surface area contributed by atoms with Crippen LogP contribution in [0.3, 0.4) is 0 Å². The fraction of sp³-hybridized carbons (Fsp3) is 0.349. The predicted molar refractivity (Wildman–Crippen MR) is 188 cm³/mol. The van der Waals surface area contributed by atoms with Crippen LogP contribution in [-0.2, 0) is 32.6 Å². The number of fused-ring (bicyclic) bond motifs is 2. The molecule has 2 aliphatic carbocycles. The zero-order valence-corrected chi connectivity index (χ0v) is 34.0. The van der Waals surface area contributed by atoms with E-state index in [0.717, 1.165) is 33.4 Å². The molecule has 1 aliphatic heterocycles. The van der Waals surface area contributed by atoms with E-state index >= 15 is 0 Å². The van der Waals surface area contributed by atoms with Crippen LogP contribution < -0.4 is 24.8 Å². The van der Waals surface area contributed by atoms with E-state index in [1.807, 2.05) is 12.1 Å². The molecule has 2 unspecified atom stereocenters. The van der Waals surface area contributed by atoms with Crippen molar-refractivity contribution in [3.63, 3.8) is 0 Å². The first kappa shape index (κ1) is 40.6. The van der Waals surface area contributed by atoms with Crippen molar-refractivity contribution in [3.05, 3.63) is 129 Å². The standard InChI is InChI=1S/2C20H18F3.C3H6.2ClH.Zr/c2*1-19(2,3)16-11-14-5-4-6-17(18(14)12-16)13-7-9-15(10-8-13)20(21,22)23;1-3-2;;;/h2*4-12H,1-3H3;1-3H2;2*1H;/q;;;;;+2/p-2. The van der Waals surface area contributed by atoms with Gasteiger partial charge in [-0.25, -0.2) is 0 Å². The SMILES string of the molecule is CC(C)(C)C1=Cc2c(-c3ccc(C(F)(F)F)cc3)cccc2[CH]1[Zr+2]1([CH]2C(C(C)(C)C)=Cc3c(-c4ccc(C(F)(F)F)cc4)cccc32)[CH2]C[CH2]1.[Cl-].[Cl-]. The van der Waals surface area contributed by atoms with E-state index in [1.54, 1.807) is 24.3 Å². The first-order valence-corrected chi connectivity index (χ1v) is 23.7. The van der Waals surface area contributed by atoms with Gasteiger partial charge in [0.25, 0.3) is 0 Å². The van der Waals surface area contributed by atoms with Crippen LogP contribution in [0.4, 0.5) is 26.3 Å². The Morgan fingerprint density at radius 2 is 0.846 bits per heavy atom. The number of hydrogen-bond donors (Lipinski definition) is 0. The molecule has 0 spiro atoms. The second-order valence-electron chi connectivity index (χ2n) is 16.4. The minimum absolute atomic E-state index is 0. The number of halogens is 8. The van der Waals surface area contributed by atoms with Crippen LogP contribution in [0.1, 0.15) is 88.6 Å². The first-order chi connectivity index (χ1) is 23.3. The fourth-order valence-electron chi connectivity index (χ4n) is 8.85. The third kappa shape index (κ3) is 6.93. The average molecular weight is 835 g/mol. The molecule has 0 aromatic heterocycles. The van der Waals surface area contributed by atoms with Gasteiger partial charge in [-0.15, -0.1) is 0 Å². The molecule has 4 aromatic rings. The van der Waals surface area contributed by atoms with E-state index in [4.69, 9.17) is 0 Å². The number of hydrogen-bond acceptors (Lipinski definition) is 0. The summed E-state index contributed by atoms with van der Waals surface area (Å²) in [6.07, 6.45) is -2.89. The molecule has 274 valence electrons. The third-order valence-electron chi connectivity index (χ3n) is 11.3. The van der Waals surface area contributed by atoms with E-state index in [-0.39, 0.29) is 35.6 Å². The van der Waals surface area contributed by atoms with Gasteiger partial charge in [-0.05, 0) is 0 Å². The first-order valence-electron chi connectivity index (χ1n) is 17.4. The summed E-state index contributed by atoms with van der Waals surface area (Å²) in [5.41, 5.74) is 9.63. The Hall–Kier alpha value is -2.60. The predicted octanol–water partition coefficient (Wildman–Crippen LogP) is 8.13. The quantitative estimate of drug-likeness (QED) is 0.183. The third-order valence-corrected chi connectivity index (χ3v) is 26.4. The molecule has 0 radical (unpaired) electrons. The van der Waals surface area contributed by atoms with Gasteiger partial charge in [-0.1, -0.05) is 0 Å². The van der Waals surface area contributed by atoms with E-state index in [1.165, 1.54) is 61.2 Å². The van der Waals surface area contributed by atoms with Crippen LogP contribution in [0.15, 0.2) is 96.1 Å². The maximum absolute atomic E-state index is 13.5. The smallest absolute Gasteiger partial charge is 1.00 e. The van der Waals surface area contributed by atoms with Gasteiger partial charge in [0.1, 0.15) is 0 Å². The molecule has 1 saturated heterocycles. The van der Waals surface area contributed by atoms with Crippen LogP contribution in [0.25, 0.3) is 34.4 Å². The van der Waals surface area contributed by atoms with Crippen LogP contribution >= 0.6 is 0 Å². The summed E-state index contributed by atoms with van der Waals surface area (Å²) in [4.78, 5) is 0. The molecule has 0 nitrogen and oxygen atoms in total. The van der Waals surface area contributed by atoms with Crippen molar-refractivity contribution in [2.75, 3.05) is 0 Å². The van der Waals surface area contributed by atoms with Gasteiger partial charge in [-0.3, -0.25) is 0 Å². The zero-order chi connectivity index (χ0) is 36.0. The fourth-order valence-corrected chi connectivity index (χ4v) is 25.3. The van der Waals surface area contributed by atoms with Crippen LogP contribution in [0, 0.1) is 10.8 Å². The van der Waals surface area contributed by atoms with Crippen molar-refractivity contribution in [1.82, 2.24) is 0 Å². The molecule has 2 atom stereocenters. The van der Waals surface area contributed by atoms with Crippen molar-refractivity contribution in [2.45, 2.75) is 75.8 Å². The summed E-state index contributed by atoms with van der Waals surface area (Å²) < 4.78 is 83.7. The molecule has 0 N–H and O–H groups in total. The van der Waals surface area contributed by atoms with Gasteiger partial charge in [0.15, 0.2) is 0 Å². The summed E-state index contributed by atoms with van der Waals surface area (Å²) in [7, 11) is 0. The maximum atomic E-state index is 13.5. The molecule has 4 aromatic carbocycles. The molecular weight excluding hydrogens is 793 g/mol. The minimum Gasteiger partial charge on any atom is -1.00 e. The molecule has 1 heterocycles. The number of alkyl halides is 6. The topological polar surface area (TPSA) is 0 Å². The van der Waals surface area contributed by atoms with Crippen molar-refractivity contribution < 1.29 is 71.4 Å². The number of benzene rings is 4. The maximum Gasteiger partial charge on any atom is -1.00 e. The Balaban J connectivity index is 0.00000261. The van der Waals surface area contributed by atoms with E-state index in [0.29, 0.717) is 7.25 Å². The van der Waals surface area contributed by atoms with Gasteiger partial charge in [-0.2, -0.15) is 0 Å². The van der Waals surface area contributed by atoms with Crippen LogP contribution in [0.2, 0.25) is 8.26 Å². The number of rotatable bonds is 4. The van der Waals surface area contributed by atoms with E-state index < -0.39 is 43.7 Å². The molecule has 7 rings (SSSR count).